The van der Waals surface area contributed by atoms with Gasteiger partial charge in [-0.2, -0.15) is 0 Å². The SMILES string of the molecule is COC(=O)c1c(NC(=O)COc2ccccc2)sc(C(=O)Nc2cc(C)ccc2C)c1C. The summed E-state index contributed by atoms with van der Waals surface area (Å²) in [5.74, 6) is -0.912. The highest BCUT2D eigenvalue weighted by Crippen LogP contribution is 2.34. The van der Waals surface area contributed by atoms with E-state index in [0.717, 1.165) is 22.5 Å². The molecule has 166 valence electrons. The third-order valence-electron chi connectivity index (χ3n) is 4.75. The van der Waals surface area contributed by atoms with Crippen LogP contribution in [0, 0.1) is 20.8 Å². The third kappa shape index (κ3) is 5.33. The number of ether oxygens (including phenoxy) is 2. The van der Waals surface area contributed by atoms with Gasteiger partial charge in [-0.3, -0.25) is 9.59 Å². The van der Waals surface area contributed by atoms with E-state index in [1.807, 2.05) is 38.1 Å². The van der Waals surface area contributed by atoms with Crippen LogP contribution in [0.2, 0.25) is 0 Å². The molecule has 3 aromatic rings. The summed E-state index contributed by atoms with van der Waals surface area (Å²) in [6, 6.07) is 14.7. The number of amides is 2. The molecule has 2 N–H and O–H groups in total. The third-order valence-corrected chi connectivity index (χ3v) is 5.96. The van der Waals surface area contributed by atoms with E-state index in [4.69, 9.17) is 9.47 Å². The Bertz CT molecular complexity index is 1150. The molecule has 32 heavy (non-hydrogen) atoms. The number of methoxy groups -OCH3 is 1. The molecule has 0 unspecified atom stereocenters. The minimum atomic E-state index is -0.635. The highest BCUT2D eigenvalue weighted by molar-refractivity contribution is 7.19. The summed E-state index contributed by atoms with van der Waals surface area (Å²) in [5.41, 5.74) is 3.19. The number of para-hydroxylation sites is 1. The maximum Gasteiger partial charge on any atom is 0.341 e. The molecule has 0 aliphatic heterocycles. The largest absolute Gasteiger partial charge is 0.484 e. The first kappa shape index (κ1) is 23.0. The van der Waals surface area contributed by atoms with E-state index in [1.54, 1.807) is 31.2 Å². The van der Waals surface area contributed by atoms with Gasteiger partial charge >= 0.3 is 5.97 Å². The highest BCUT2D eigenvalue weighted by Gasteiger charge is 2.26. The molecule has 2 amide bonds. The number of hydrogen-bond donors (Lipinski definition) is 2. The number of anilines is 2. The van der Waals surface area contributed by atoms with Gasteiger partial charge in [0.1, 0.15) is 10.8 Å². The number of aryl methyl sites for hydroxylation is 2. The number of carbonyl (C=O) groups is 3. The number of hydrogen-bond acceptors (Lipinski definition) is 6. The summed E-state index contributed by atoms with van der Waals surface area (Å²) >= 11 is 1.02. The van der Waals surface area contributed by atoms with Gasteiger partial charge in [-0.05, 0) is 55.7 Å². The van der Waals surface area contributed by atoms with Crippen LogP contribution >= 0.6 is 11.3 Å². The average Bonchev–Trinajstić information content (AvgIpc) is 3.10. The van der Waals surface area contributed by atoms with Gasteiger partial charge in [0.15, 0.2) is 6.61 Å². The van der Waals surface area contributed by atoms with E-state index < -0.39 is 11.9 Å². The molecule has 0 aliphatic carbocycles. The molecule has 0 saturated heterocycles. The highest BCUT2D eigenvalue weighted by atomic mass is 32.1. The van der Waals surface area contributed by atoms with Crippen LogP contribution in [-0.2, 0) is 9.53 Å². The van der Waals surface area contributed by atoms with Crippen molar-refractivity contribution in [2.75, 3.05) is 24.4 Å². The Kier molecular flexibility index (Phi) is 7.27. The van der Waals surface area contributed by atoms with Crippen molar-refractivity contribution in [1.82, 2.24) is 0 Å². The van der Waals surface area contributed by atoms with Gasteiger partial charge in [-0.25, -0.2) is 4.79 Å². The van der Waals surface area contributed by atoms with Gasteiger partial charge in [0, 0.05) is 5.69 Å². The molecule has 0 fully saturated rings. The fourth-order valence-electron chi connectivity index (χ4n) is 3.04. The minimum absolute atomic E-state index is 0.150. The quantitative estimate of drug-likeness (QED) is 0.506. The van der Waals surface area contributed by atoms with Gasteiger partial charge in [0.05, 0.1) is 17.6 Å². The van der Waals surface area contributed by atoms with E-state index >= 15 is 0 Å². The number of thiophene rings is 1. The van der Waals surface area contributed by atoms with Crippen LogP contribution in [0.15, 0.2) is 48.5 Å². The standard InChI is InChI=1S/C24H24N2O5S/c1-14-10-11-15(2)18(12-14)25-22(28)21-16(3)20(24(29)30-4)23(32-21)26-19(27)13-31-17-8-6-5-7-9-17/h5-12H,13H2,1-4H3,(H,25,28)(H,26,27). The lowest BCUT2D eigenvalue weighted by Crippen LogP contribution is -2.21. The van der Waals surface area contributed by atoms with Crippen molar-refractivity contribution >= 4 is 39.8 Å². The summed E-state index contributed by atoms with van der Waals surface area (Å²) in [7, 11) is 1.25. The molecule has 0 bridgehead atoms. The normalized spacial score (nSPS) is 10.4. The number of rotatable bonds is 7. The van der Waals surface area contributed by atoms with Crippen molar-refractivity contribution in [1.29, 1.82) is 0 Å². The molecule has 0 atom stereocenters. The van der Waals surface area contributed by atoms with Gasteiger partial charge in [-0.1, -0.05) is 30.3 Å². The van der Waals surface area contributed by atoms with Crippen molar-refractivity contribution in [2.24, 2.45) is 0 Å². The second-order valence-electron chi connectivity index (χ2n) is 7.17. The van der Waals surface area contributed by atoms with Crippen molar-refractivity contribution in [3.05, 3.63) is 75.7 Å². The van der Waals surface area contributed by atoms with Crippen molar-refractivity contribution in [2.45, 2.75) is 20.8 Å². The Morgan fingerprint density at radius 2 is 1.69 bits per heavy atom. The fraction of sp³-hybridized carbons (Fsp3) is 0.208. The molecule has 0 aliphatic rings. The number of esters is 1. The van der Waals surface area contributed by atoms with Crippen LogP contribution in [0.4, 0.5) is 10.7 Å². The lowest BCUT2D eigenvalue weighted by atomic mass is 10.1. The van der Waals surface area contributed by atoms with Crippen LogP contribution in [-0.4, -0.2) is 31.5 Å². The van der Waals surface area contributed by atoms with E-state index in [1.165, 1.54) is 7.11 Å². The number of carbonyl (C=O) groups excluding carboxylic acids is 3. The molecule has 0 spiro atoms. The smallest absolute Gasteiger partial charge is 0.341 e. The van der Waals surface area contributed by atoms with Crippen LogP contribution in [0.1, 0.15) is 36.7 Å². The van der Waals surface area contributed by atoms with E-state index in [9.17, 15) is 14.4 Å². The monoisotopic (exact) mass is 452 g/mol. The van der Waals surface area contributed by atoms with Crippen molar-refractivity contribution < 1.29 is 23.9 Å². The molecule has 3 rings (SSSR count). The van der Waals surface area contributed by atoms with Gasteiger partial charge in [0.2, 0.25) is 0 Å². The predicted molar refractivity (Wildman–Crippen MR) is 125 cm³/mol. The van der Waals surface area contributed by atoms with Crippen LogP contribution in [0.3, 0.4) is 0 Å². The first-order valence-electron chi connectivity index (χ1n) is 9.88. The molecule has 8 heteroatoms. The fourth-order valence-corrected chi connectivity index (χ4v) is 4.15. The molecule has 0 saturated carbocycles. The molecule has 0 radical (unpaired) electrons. The topological polar surface area (TPSA) is 93.7 Å². The molecular weight excluding hydrogens is 428 g/mol. The molecule has 1 aromatic heterocycles. The van der Waals surface area contributed by atoms with Crippen molar-refractivity contribution in [3.63, 3.8) is 0 Å². The molecule has 1 heterocycles. The van der Waals surface area contributed by atoms with Gasteiger partial charge < -0.3 is 20.1 Å². The Morgan fingerprint density at radius 1 is 0.969 bits per heavy atom. The summed E-state index contributed by atoms with van der Waals surface area (Å²) < 4.78 is 10.3. The first-order chi connectivity index (χ1) is 15.3. The minimum Gasteiger partial charge on any atom is -0.484 e. The second kappa shape index (κ2) is 10.1. The predicted octanol–water partition coefficient (Wildman–Crippen LogP) is 4.73. The molecule has 7 nitrogen and oxygen atoms in total. The number of benzene rings is 2. The maximum atomic E-state index is 13.0. The lowest BCUT2D eigenvalue weighted by molar-refractivity contribution is -0.118. The van der Waals surface area contributed by atoms with Gasteiger partial charge in [-0.15, -0.1) is 11.3 Å². The van der Waals surface area contributed by atoms with E-state index in [0.29, 0.717) is 21.9 Å². The summed E-state index contributed by atoms with van der Waals surface area (Å²) in [4.78, 5) is 38.1. The lowest BCUT2D eigenvalue weighted by Gasteiger charge is -2.09. The van der Waals surface area contributed by atoms with E-state index in [-0.39, 0.29) is 23.1 Å². The van der Waals surface area contributed by atoms with Crippen LogP contribution < -0.4 is 15.4 Å². The zero-order valence-corrected chi connectivity index (χ0v) is 19.1. The first-order valence-corrected chi connectivity index (χ1v) is 10.7. The Hall–Kier alpha value is -3.65. The zero-order valence-electron chi connectivity index (χ0n) is 18.3. The maximum absolute atomic E-state index is 13.0. The van der Waals surface area contributed by atoms with Crippen molar-refractivity contribution in [3.8, 4) is 5.75 Å². The summed E-state index contributed by atoms with van der Waals surface area (Å²) in [6.45, 7) is 5.24. The Balaban J connectivity index is 1.82. The molecular formula is C24H24N2O5S. The van der Waals surface area contributed by atoms with E-state index in [2.05, 4.69) is 10.6 Å². The zero-order chi connectivity index (χ0) is 23.3. The number of nitrogens with one attached hydrogen (secondary N) is 2. The second-order valence-corrected chi connectivity index (χ2v) is 8.19. The van der Waals surface area contributed by atoms with Crippen LogP contribution in [0.25, 0.3) is 0 Å². The Labute approximate surface area is 190 Å². The van der Waals surface area contributed by atoms with Gasteiger partial charge in [0.25, 0.3) is 11.8 Å². The summed E-state index contributed by atoms with van der Waals surface area (Å²) in [5, 5.41) is 5.80. The molecule has 2 aromatic carbocycles. The Morgan fingerprint density at radius 3 is 2.38 bits per heavy atom. The average molecular weight is 453 g/mol. The summed E-state index contributed by atoms with van der Waals surface area (Å²) in [6.07, 6.45) is 0. The van der Waals surface area contributed by atoms with Crippen LogP contribution in [0.5, 0.6) is 5.75 Å².